The number of benzene rings is 1. The number of halogens is 4. The first-order valence-corrected chi connectivity index (χ1v) is 8.21. The van der Waals surface area contributed by atoms with E-state index < -0.39 is 36.6 Å². The Kier molecular flexibility index (Phi) is 5.40. The molecule has 2 aliphatic heterocycles. The van der Waals surface area contributed by atoms with Gasteiger partial charge >= 0.3 is 18.2 Å². The van der Waals surface area contributed by atoms with Gasteiger partial charge in [-0.3, -0.25) is 9.69 Å². The first kappa shape index (κ1) is 19.2. The molecule has 2 aliphatic rings. The standard InChI is InChI=1S/C16H17F4N3O4/c17-12-7-10(1-2-13(12)22-3-5-26-6-4-22)23-9-11(27-15(23)25)8-21-14(24)16(18,19)20/h1-2,7,11H,3-6,8-9H2,(H,21,24)/t11-/m0/s1. The maximum absolute atomic E-state index is 14.5. The number of anilines is 2. The van der Waals surface area contributed by atoms with Gasteiger partial charge < -0.3 is 19.7 Å². The van der Waals surface area contributed by atoms with E-state index in [1.54, 1.807) is 5.32 Å². The van der Waals surface area contributed by atoms with Gasteiger partial charge in [-0.25, -0.2) is 9.18 Å². The molecular weight excluding hydrogens is 374 g/mol. The van der Waals surface area contributed by atoms with Crippen LogP contribution in [0.1, 0.15) is 0 Å². The molecule has 0 aliphatic carbocycles. The molecule has 148 valence electrons. The first-order valence-electron chi connectivity index (χ1n) is 8.21. The summed E-state index contributed by atoms with van der Waals surface area (Å²) in [4.78, 5) is 25.7. The number of nitrogens with one attached hydrogen (secondary N) is 1. The van der Waals surface area contributed by atoms with Crippen molar-refractivity contribution in [2.75, 3.05) is 49.2 Å². The number of rotatable bonds is 4. The van der Waals surface area contributed by atoms with E-state index in [2.05, 4.69) is 0 Å². The molecule has 2 amide bonds. The number of carbonyl (C=O) groups excluding carboxylic acids is 2. The highest BCUT2D eigenvalue weighted by molar-refractivity contribution is 5.90. The number of ether oxygens (including phenoxy) is 2. The Morgan fingerprint density at radius 1 is 1.26 bits per heavy atom. The molecule has 1 N–H and O–H groups in total. The summed E-state index contributed by atoms with van der Waals surface area (Å²) in [7, 11) is 0. The maximum atomic E-state index is 14.5. The topological polar surface area (TPSA) is 71.1 Å². The van der Waals surface area contributed by atoms with Gasteiger partial charge in [0.25, 0.3) is 0 Å². The van der Waals surface area contributed by atoms with Crippen molar-refractivity contribution in [3.05, 3.63) is 24.0 Å². The third-order valence-corrected chi connectivity index (χ3v) is 4.22. The van der Waals surface area contributed by atoms with Gasteiger partial charge in [-0.15, -0.1) is 0 Å². The van der Waals surface area contributed by atoms with Gasteiger partial charge in [0.2, 0.25) is 0 Å². The fourth-order valence-electron chi connectivity index (χ4n) is 2.87. The van der Waals surface area contributed by atoms with Crippen molar-refractivity contribution in [2.24, 2.45) is 0 Å². The molecule has 0 spiro atoms. The summed E-state index contributed by atoms with van der Waals surface area (Å²) in [5.41, 5.74) is 0.600. The lowest BCUT2D eigenvalue weighted by Crippen LogP contribution is -2.41. The Labute approximate surface area is 151 Å². The molecule has 0 unspecified atom stereocenters. The van der Waals surface area contributed by atoms with E-state index in [0.717, 1.165) is 4.90 Å². The summed E-state index contributed by atoms with van der Waals surface area (Å²) in [5.74, 6) is -2.64. The number of amides is 2. The molecule has 0 radical (unpaired) electrons. The van der Waals surface area contributed by atoms with Crippen LogP contribution in [0, 0.1) is 5.82 Å². The fraction of sp³-hybridized carbons (Fsp3) is 0.500. The van der Waals surface area contributed by atoms with Crippen LogP contribution < -0.4 is 15.1 Å². The molecule has 3 rings (SSSR count). The Balaban J connectivity index is 1.63. The zero-order chi connectivity index (χ0) is 19.6. The zero-order valence-corrected chi connectivity index (χ0v) is 14.1. The average molecular weight is 391 g/mol. The highest BCUT2D eigenvalue weighted by Gasteiger charge is 2.40. The first-order chi connectivity index (χ1) is 12.8. The number of nitrogens with zero attached hydrogens (tertiary/aromatic N) is 2. The summed E-state index contributed by atoms with van der Waals surface area (Å²) in [5, 5.41) is 1.66. The van der Waals surface area contributed by atoms with Crippen molar-refractivity contribution < 1.29 is 36.6 Å². The van der Waals surface area contributed by atoms with Crippen LogP contribution in [0.15, 0.2) is 18.2 Å². The lowest BCUT2D eigenvalue weighted by molar-refractivity contribution is -0.173. The molecule has 2 saturated heterocycles. The summed E-state index contributed by atoms with van der Waals surface area (Å²) in [6, 6.07) is 4.23. The largest absolute Gasteiger partial charge is 0.471 e. The summed E-state index contributed by atoms with van der Waals surface area (Å²) in [6.07, 6.45) is -6.80. The molecule has 1 atom stereocenters. The second kappa shape index (κ2) is 7.59. The van der Waals surface area contributed by atoms with E-state index in [1.165, 1.54) is 18.2 Å². The van der Waals surface area contributed by atoms with E-state index in [4.69, 9.17) is 9.47 Å². The smallest absolute Gasteiger partial charge is 0.442 e. The molecule has 2 fully saturated rings. The quantitative estimate of drug-likeness (QED) is 0.791. The summed E-state index contributed by atoms with van der Waals surface area (Å²) in [6.45, 7) is 1.48. The normalized spacial score (nSPS) is 20.6. The second-order valence-electron chi connectivity index (χ2n) is 6.06. The van der Waals surface area contributed by atoms with Crippen molar-refractivity contribution in [1.29, 1.82) is 0 Å². The van der Waals surface area contributed by atoms with Crippen molar-refractivity contribution in [3.63, 3.8) is 0 Å². The second-order valence-corrected chi connectivity index (χ2v) is 6.06. The number of hydrogen-bond acceptors (Lipinski definition) is 5. The Morgan fingerprint density at radius 3 is 2.59 bits per heavy atom. The van der Waals surface area contributed by atoms with E-state index in [9.17, 15) is 27.2 Å². The molecule has 27 heavy (non-hydrogen) atoms. The van der Waals surface area contributed by atoms with Crippen molar-refractivity contribution in [1.82, 2.24) is 5.32 Å². The van der Waals surface area contributed by atoms with Crippen molar-refractivity contribution in [3.8, 4) is 0 Å². The van der Waals surface area contributed by atoms with Crippen LogP contribution in [0.3, 0.4) is 0 Å². The summed E-state index contributed by atoms with van der Waals surface area (Å²) < 4.78 is 61.2. The zero-order valence-electron chi connectivity index (χ0n) is 14.1. The van der Waals surface area contributed by atoms with Crippen LogP contribution in [0.2, 0.25) is 0 Å². The molecular formula is C16H17F4N3O4. The minimum Gasteiger partial charge on any atom is -0.442 e. The van der Waals surface area contributed by atoms with Gasteiger partial charge in [-0.2, -0.15) is 13.2 Å². The van der Waals surface area contributed by atoms with Crippen LogP contribution in [-0.4, -0.2) is 63.7 Å². The van der Waals surface area contributed by atoms with E-state index in [0.29, 0.717) is 32.0 Å². The Morgan fingerprint density at radius 2 is 1.96 bits per heavy atom. The van der Waals surface area contributed by atoms with Gasteiger partial charge in [0.1, 0.15) is 11.9 Å². The highest BCUT2D eigenvalue weighted by Crippen LogP contribution is 2.28. The van der Waals surface area contributed by atoms with Gasteiger partial charge in [0, 0.05) is 13.1 Å². The highest BCUT2D eigenvalue weighted by atomic mass is 19.4. The van der Waals surface area contributed by atoms with E-state index in [1.807, 2.05) is 4.90 Å². The fourth-order valence-corrected chi connectivity index (χ4v) is 2.87. The Hall–Kier alpha value is -2.56. The maximum Gasteiger partial charge on any atom is 0.471 e. The molecule has 11 heteroatoms. The lowest BCUT2D eigenvalue weighted by atomic mass is 10.2. The van der Waals surface area contributed by atoms with Crippen LogP contribution >= 0.6 is 0 Å². The molecule has 1 aromatic rings. The average Bonchev–Trinajstić information content (AvgIpc) is 3.00. The van der Waals surface area contributed by atoms with Crippen LogP contribution in [0.25, 0.3) is 0 Å². The van der Waals surface area contributed by atoms with Crippen molar-refractivity contribution in [2.45, 2.75) is 12.3 Å². The predicted octanol–water partition coefficient (Wildman–Crippen LogP) is 1.67. The molecule has 0 bridgehead atoms. The number of alkyl halides is 3. The van der Waals surface area contributed by atoms with Gasteiger partial charge in [0.15, 0.2) is 0 Å². The minimum absolute atomic E-state index is 0.104. The summed E-state index contributed by atoms with van der Waals surface area (Å²) >= 11 is 0. The molecule has 2 heterocycles. The van der Waals surface area contributed by atoms with Crippen LogP contribution in [0.4, 0.5) is 33.7 Å². The van der Waals surface area contributed by atoms with Crippen LogP contribution in [-0.2, 0) is 14.3 Å². The monoisotopic (exact) mass is 391 g/mol. The van der Waals surface area contributed by atoms with Crippen molar-refractivity contribution >= 4 is 23.4 Å². The lowest BCUT2D eigenvalue weighted by Gasteiger charge is -2.29. The van der Waals surface area contributed by atoms with E-state index >= 15 is 0 Å². The molecule has 0 saturated carbocycles. The van der Waals surface area contributed by atoms with Crippen LogP contribution in [0.5, 0.6) is 0 Å². The van der Waals surface area contributed by atoms with Gasteiger partial charge in [-0.1, -0.05) is 0 Å². The molecule has 1 aromatic carbocycles. The number of morpholine rings is 1. The third kappa shape index (κ3) is 4.41. The van der Waals surface area contributed by atoms with Gasteiger partial charge in [0.05, 0.1) is 37.7 Å². The Bertz CT molecular complexity index is 722. The number of hydrogen-bond donors (Lipinski definition) is 1. The van der Waals surface area contributed by atoms with Gasteiger partial charge in [-0.05, 0) is 18.2 Å². The number of carbonyl (C=O) groups is 2. The molecule has 7 nitrogen and oxygen atoms in total. The van der Waals surface area contributed by atoms with E-state index in [-0.39, 0.29) is 12.2 Å². The SMILES string of the molecule is O=C1O[C@@H](CNC(=O)C(F)(F)F)CN1c1ccc(N2CCOCC2)c(F)c1. The minimum atomic E-state index is -5.01. The molecule has 0 aromatic heterocycles. The third-order valence-electron chi connectivity index (χ3n) is 4.22. The number of cyclic esters (lactones) is 1. The predicted molar refractivity (Wildman–Crippen MR) is 86.1 cm³/mol.